The molecule has 1 atom stereocenters. The Labute approximate surface area is 152 Å². The highest BCUT2D eigenvalue weighted by Crippen LogP contribution is 2.27. The number of nitrogens with two attached hydrogens (primary N) is 1. The molecule has 7 nitrogen and oxygen atoms in total. The summed E-state index contributed by atoms with van der Waals surface area (Å²) >= 11 is 0. The monoisotopic (exact) mass is 359 g/mol. The number of hydrogen-bond acceptors (Lipinski definition) is 6. The lowest BCUT2D eigenvalue weighted by Gasteiger charge is -2.16. The Morgan fingerprint density at radius 2 is 2.12 bits per heavy atom. The van der Waals surface area contributed by atoms with Gasteiger partial charge in [-0.05, 0) is 41.8 Å². The van der Waals surface area contributed by atoms with E-state index < -0.39 is 0 Å². The van der Waals surface area contributed by atoms with Gasteiger partial charge in [-0.25, -0.2) is 0 Å². The first-order valence-electron chi connectivity index (χ1n) is 8.43. The van der Waals surface area contributed by atoms with Crippen LogP contribution in [-0.4, -0.2) is 41.4 Å². The molecule has 5 N–H and O–H groups in total. The zero-order valence-corrected chi connectivity index (χ0v) is 14.8. The Kier molecular flexibility index (Phi) is 7.37. The second kappa shape index (κ2) is 9.74. The lowest BCUT2D eigenvalue weighted by atomic mass is 9.99. The van der Waals surface area contributed by atoms with Crippen molar-refractivity contribution in [1.29, 1.82) is 0 Å². The molecule has 2 rings (SSSR count). The summed E-state index contributed by atoms with van der Waals surface area (Å²) in [6, 6.07) is 8.70. The fourth-order valence-electron chi connectivity index (χ4n) is 2.65. The van der Waals surface area contributed by atoms with Crippen LogP contribution in [0.25, 0.3) is 0 Å². The van der Waals surface area contributed by atoms with Gasteiger partial charge in [-0.2, -0.15) is 0 Å². The van der Waals surface area contributed by atoms with Crippen LogP contribution >= 0.6 is 0 Å². The van der Waals surface area contributed by atoms with Crippen molar-refractivity contribution in [2.75, 3.05) is 20.3 Å². The lowest BCUT2D eigenvalue weighted by Crippen LogP contribution is -2.32. The van der Waals surface area contributed by atoms with Crippen LogP contribution < -0.4 is 15.8 Å². The molecule has 0 radical (unpaired) electrons. The third-order valence-corrected chi connectivity index (χ3v) is 4.07. The summed E-state index contributed by atoms with van der Waals surface area (Å²) < 4.78 is 5.01. The standard InChI is InChI=1S/C19H25N3O4/c1-26-18-3-2-13(8-17(18)24)6-15(12-23)11-22-19(25)9-14-4-5-21-16(7-14)10-20/h2-5,7-8,15,23-24H,6,9-12,20H2,1H3,(H,22,25). The number of pyridine rings is 1. The summed E-state index contributed by atoms with van der Waals surface area (Å²) in [7, 11) is 1.49. The molecule has 1 heterocycles. The molecule has 0 aliphatic heterocycles. The second-order valence-electron chi connectivity index (χ2n) is 6.10. The van der Waals surface area contributed by atoms with Gasteiger partial charge in [-0.3, -0.25) is 9.78 Å². The van der Waals surface area contributed by atoms with Crippen molar-refractivity contribution in [1.82, 2.24) is 10.3 Å². The maximum absolute atomic E-state index is 12.1. The van der Waals surface area contributed by atoms with Crippen molar-refractivity contribution in [2.45, 2.75) is 19.4 Å². The Bertz CT molecular complexity index is 736. The van der Waals surface area contributed by atoms with Gasteiger partial charge in [0.1, 0.15) is 0 Å². The van der Waals surface area contributed by atoms with Gasteiger partial charge in [-0.1, -0.05) is 6.07 Å². The SMILES string of the molecule is COc1ccc(CC(CO)CNC(=O)Cc2ccnc(CN)c2)cc1O. The predicted molar refractivity (Wildman–Crippen MR) is 97.8 cm³/mol. The summed E-state index contributed by atoms with van der Waals surface area (Å²) in [5.41, 5.74) is 8.00. The van der Waals surface area contributed by atoms with Crippen molar-refractivity contribution in [3.63, 3.8) is 0 Å². The number of aliphatic hydroxyl groups excluding tert-OH is 1. The fourth-order valence-corrected chi connectivity index (χ4v) is 2.65. The third-order valence-electron chi connectivity index (χ3n) is 4.07. The zero-order valence-electron chi connectivity index (χ0n) is 14.8. The highest BCUT2D eigenvalue weighted by Gasteiger charge is 2.13. The van der Waals surface area contributed by atoms with Gasteiger partial charge in [0.15, 0.2) is 11.5 Å². The van der Waals surface area contributed by atoms with E-state index in [-0.39, 0.29) is 30.6 Å². The largest absolute Gasteiger partial charge is 0.504 e. The average Bonchev–Trinajstić information content (AvgIpc) is 2.65. The number of carbonyl (C=O) groups is 1. The molecule has 0 aliphatic carbocycles. The number of methoxy groups -OCH3 is 1. The van der Waals surface area contributed by atoms with Crippen LogP contribution in [0, 0.1) is 5.92 Å². The predicted octanol–water partition coefficient (Wildman–Crippen LogP) is 0.764. The highest BCUT2D eigenvalue weighted by molar-refractivity contribution is 5.78. The van der Waals surface area contributed by atoms with Crippen molar-refractivity contribution in [3.05, 3.63) is 53.3 Å². The summed E-state index contributed by atoms with van der Waals surface area (Å²) in [6.45, 7) is 0.605. The topological polar surface area (TPSA) is 118 Å². The molecule has 0 aliphatic rings. The lowest BCUT2D eigenvalue weighted by molar-refractivity contribution is -0.120. The fraction of sp³-hybridized carbons (Fsp3) is 0.368. The number of phenols is 1. The van der Waals surface area contributed by atoms with Gasteiger partial charge in [0.2, 0.25) is 5.91 Å². The Morgan fingerprint density at radius 1 is 1.31 bits per heavy atom. The van der Waals surface area contributed by atoms with Gasteiger partial charge in [0, 0.05) is 31.8 Å². The first-order valence-corrected chi connectivity index (χ1v) is 8.43. The molecule has 26 heavy (non-hydrogen) atoms. The first kappa shape index (κ1) is 19.7. The van der Waals surface area contributed by atoms with E-state index in [1.807, 2.05) is 12.1 Å². The number of nitrogens with one attached hydrogen (secondary N) is 1. The Hall–Kier alpha value is -2.64. The van der Waals surface area contributed by atoms with Crippen molar-refractivity contribution in [2.24, 2.45) is 11.7 Å². The van der Waals surface area contributed by atoms with Gasteiger partial charge in [-0.15, -0.1) is 0 Å². The number of hydrogen-bond donors (Lipinski definition) is 4. The maximum atomic E-state index is 12.1. The van der Waals surface area contributed by atoms with E-state index in [0.717, 1.165) is 16.8 Å². The molecule has 0 fully saturated rings. The molecule has 7 heteroatoms. The molecule has 1 aromatic carbocycles. The van der Waals surface area contributed by atoms with Crippen molar-refractivity contribution < 1.29 is 19.7 Å². The van der Waals surface area contributed by atoms with Crippen LogP contribution in [0.2, 0.25) is 0 Å². The molecule has 2 aromatic rings. The minimum Gasteiger partial charge on any atom is -0.504 e. The minimum atomic E-state index is -0.149. The van der Waals surface area contributed by atoms with Crippen LogP contribution in [0.1, 0.15) is 16.8 Å². The number of phenolic OH excluding ortho intramolecular Hbond substituents is 1. The molecule has 0 spiro atoms. The van der Waals surface area contributed by atoms with Crippen LogP contribution in [-0.2, 0) is 24.2 Å². The van der Waals surface area contributed by atoms with Crippen LogP contribution in [0.5, 0.6) is 11.5 Å². The summed E-state index contributed by atoms with van der Waals surface area (Å²) in [6.07, 6.45) is 2.40. The zero-order chi connectivity index (χ0) is 18.9. The molecular weight excluding hydrogens is 334 g/mol. The van der Waals surface area contributed by atoms with E-state index in [2.05, 4.69) is 10.3 Å². The van der Waals surface area contributed by atoms with E-state index in [1.165, 1.54) is 7.11 Å². The number of aromatic hydroxyl groups is 1. The highest BCUT2D eigenvalue weighted by atomic mass is 16.5. The van der Waals surface area contributed by atoms with E-state index in [1.54, 1.807) is 24.4 Å². The number of ether oxygens (including phenoxy) is 1. The smallest absolute Gasteiger partial charge is 0.224 e. The van der Waals surface area contributed by atoms with Crippen LogP contribution in [0.4, 0.5) is 0 Å². The molecule has 140 valence electrons. The number of carbonyl (C=O) groups excluding carboxylic acids is 1. The van der Waals surface area contributed by atoms with Gasteiger partial charge in [0.25, 0.3) is 0 Å². The molecule has 0 saturated heterocycles. The molecule has 0 saturated carbocycles. The van der Waals surface area contributed by atoms with Gasteiger partial charge < -0.3 is 26.0 Å². The van der Waals surface area contributed by atoms with Crippen LogP contribution in [0.15, 0.2) is 36.5 Å². The third kappa shape index (κ3) is 5.72. The Morgan fingerprint density at radius 3 is 2.77 bits per heavy atom. The molecule has 1 unspecified atom stereocenters. The van der Waals surface area contributed by atoms with E-state index in [4.69, 9.17) is 10.5 Å². The number of nitrogens with zero attached hydrogens (tertiary/aromatic N) is 1. The number of aliphatic hydroxyl groups is 1. The average molecular weight is 359 g/mol. The van der Waals surface area contributed by atoms with Crippen molar-refractivity contribution in [3.8, 4) is 11.5 Å². The molecule has 1 aromatic heterocycles. The second-order valence-corrected chi connectivity index (χ2v) is 6.10. The first-order chi connectivity index (χ1) is 12.5. The van der Waals surface area contributed by atoms with E-state index >= 15 is 0 Å². The normalized spacial score (nSPS) is 11.8. The number of amides is 1. The summed E-state index contributed by atoms with van der Waals surface area (Å²) in [5, 5.41) is 22.2. The van der Waals surface area contributed by atoms with E-state index in [0.29, 0.717) is 25.3 Å². The molecule has 1 amide bonds. The van der Waals surface area contributed by atoms with Gasteiger partial charge in [0.05, 0.1) is 19.2 Å². The number of aromatic nitrogens is 1. The number of benzene rings is 1. The Balaban J connectivity index is 1.87. The molecular formula is C19H25N3O4. The summed E-state index contributed by atoms with van der Waals surface area (Å²) in [5.74, 6) is 0.176. The van der Waals surface area contributed by atoms with Crippen molar-refractivity contribution >= 4 is 5.91 Å². The summed E-state index contributed by atoms with van der Waals surface area (Å²) in [4.78, 5) is 16.2. The maximum Gasteiger partial charge on any atom is 0.224 e. The minimum absolute atomic E-state index is 0.0547. The van der Waals surface area contributed by atoms with Gasteiger partial charge >= 0.3 is 0 Å². The number of rotatable bonds is 9. The van der Waals surface area contributed by atoms with E-state index in [9.17, 15) is 15.0 Å². The van der Waals surface area contributed by atoms with Crippen LogP contribution in [0.3, 0.4) is 0 Å². The molecule has 0 bridgehead atoms. The quantitative estimate of drug-likeness (QED) is 0.525.